The van der Waals surface area contributed by atoms with Gasteiger partial charge in [0.2, 0.25) is 0 Å². The molecular weight excluding hydrogens is 244 g/mol. The third-order valence-electron chi connectivity index (χ3n) is 3.57. The van der Waals surface area contributed by atoms with E-state index in [9.17, 15) is 4.79 Å². The molecule has 19 heavy (non-hydrogen) atoms. The predicted molar refractivity (Wildman–Crippen MR) is 72.0 cm³/mol. The van der Waals surface area contributed by atoms with E-state index < -0.39 is 0 Å². The summed E-state index contributed by atoms with van der Waals surface area (Å²) in [6.45, 7) is 4.51. The van der Waals surface area contributed by atoms with Gasteiger partial charge in [-0.2, -0.15) is 0 Å². The molecule has 6 nitrogen and oxygen atoms in total. The topological polar surface area (TPSA) is 80.5 Å². The highest BCUT2D eigenvalue weighted by Crippen LogP contribution is 2.25. The Balaban J connectivity index is 1.95. The number of hydrogen-bond donors (Lipinski definition) is 2. The molecular formula is C13H20N4O2. The molecule has 0 bridgehead atoms. The van der Waals surface area contributed by atoms with Gasteiger partial charge >= 0.3 is 5.97 Å². The number of hydrogen-bond acceptors (Lipinski definition) is 6. The van der Waals surface area contributed by atoms with Crippen LogP contribution in [0.3, 0.4) is 0 Å². The smallest absolute Gasteiger partial charge is 0.310 e. The van der Waals surface area contributed by atoms with Crippen molar-refractivity contribution >= 4 is 11.8 Å². The van der Waals surface area contributed by atoms with Gasteiger partial charge in [-0.05, 0) is 17.5 Å². The Bertz CT molecular complexity index is 435. The minimum absolute atomic E-state index is 0.0251. The van der Waals surface area contributed by atoms with Crippen molar-refractivity contribution in [2.45, 2.75) is 13.5 Å². The average molecular weight is 264 g/mol. The van der Waals surface area contributed by atoms with Gasteiger partial charge in [-0.25, -0.2) is 10.8 Å². The number of hydrazine groups is 1. The maximum atomic E-state index is 11.6. The number of pyridine rings is 1. The van der Waals surface area contributed by atoms with Crippen LogP contribution in [0.25, 0.3) is 0 Å². The van der Waals surface area contributed by atoms with E-state index in [4.69, 9.17) is 10.6 Å². The van der Waals surface area contributed by atoms with Crippen LogP contribution in [-0.4, -0.2) is 36.1 Å². The van der Waals surface area contributed by atoms with Crippen LogP contribution in [0, 0.1) is 11.8 Å². The molecule has 1 aromatic heterocycles. The van der Waals surface area contributed by atoms with Gasteiger partial charge in [0.15, 0.2) is 0 Å². The van der Waals surface area contributed by atoms with Crippen molar-refractivity contribution < 1.29 is 9.53 Å². The van der Waals surface area contributed by atoms with Gasteiger partial charge in [0, 0.05) is 25.8 Å². The summed E-state index contributed by atoms with van der Waals surface area (Å²) in [6, 6.07) is 3.82. The fraction of sp³-hybridized carbons (Fsp3) is 0.538. The standard InChI is InChI=1S/C13H20N4O2/c1-9-6-17(8-11(9)13(18)19-2)7-10-3-4-12(16-14)15-5-10/h3-5,9,11H,6-8,14H2,1-2H3,(H,15,16). The van der Waals surface area contributed by atoms with Crippen LogP contribution in [-0.2, 0) is 16.1 Å². The predicted octanol–water partition coefficient (Wildman–Crippen LogP) is 0.608. The Hall–Kier alpha value is -1.66. The van der Waals surface area contributed by atoms with Crippen LogP contribution < -0.4 is 11.3 Å². The maximum absolute atomic E-state index is 11.6. The first-order valence-electron chi connectivity index (χ1n) is 6.35. The van der Waals surface area contributed by atoms with Crippen molar-refractivity contribution in [3.05, 3.63) is 23.9 Å². The molecule has 1 aromatic rings. The van der Waals surface area contributed by atoms with Gasteiger partial charge < -0.3 is 10.2 Å². The normalized spacial score (nSPS) is 23.3. The lowest BCUT2D eigenvalue weighted by atomic mass is 9.99. The lowest BCUT2D eigenvalue weighted by Gasteiger charge is -2.15. The van der Waals surface area contributed by atoms with Gasteiger partial charge in [-0.1, -0.05) is 13.0 Å². The van der Waals surface area contributed by atoms with Crippen molar-refractivity contribution in [3.63, 3.8) is 0 Å². The number of methoxy groups -OCH3 is 1. The Morgan fingerprint density at radius 3 is 2.95 bits per heavy atom. The Morgan fingerprint density at radius 2 is 2.37 bits per heavy atom. The zero-order valence-corrected chi connectivity index (χ0v) is 11.3. The van der Waals surface area contributed by atoms with E-state index in [1.807, 2.05) is 12.1 Å². The zero-order valence-electron chi connectivity index (χ0n) is 11.3. The Morgan fingerprint density at radius 1 is 1.58 bits per heavy atom. The summed E-state index contributed by atoms with van der Waals surface area (Å²) >= 11 is 0. The summed E-state index contributed by atoms with van der Waals surface area (Å²) in [5.41, 5.74) is 3.61. The average Bonchev–Trinajstić information content (AvgIpc) is 2.79. The molecule has 1 saturated heterocycles. The van der Waals surface area contributed by atoms with Crippen LogP contribution in [0.4, 0.5) is 5.82 Å². The van der Waals surface area contributed by atoms with Crippen LogP contribution in [0.1, 0.15) is 12.5 Å². The Kier molecular flexibility index (Phi) is 4.34. The van der Waals surface area contributed by atoms with Crippen molar-refractivity contribution in [1.29, 1.82) is 0 Å². The first-order valence-corrected chi connectivity index (χ1v) is 6.35. The molecule has 0 saturated carbocycles. The summed E-state index contributed by atoms with van der Waals surface area (Å²) in [5.74, 6) is 6.10. The van der Waals surface area contributed by atoms with Gasteiger partial charge in [0.1, 0.15) is 5.82 Å². The first kappa shape index (κ1) is 13.8. The van der Waals surface area contributed by atoms with Crippen molar-refractivity contribution in [1.82, 2.24) is 9.88 Å². The molecule has 0 aromatic carbocycles. The SMILES string of the molecule is COC(=O)C1CN(Cc2ccc(NN)nc2)CC1C. The van der Waals surface area contributed by atoms with E-state index in [1.54, 1.807) is 6.20 Å². The van der Waals surface area contributed by atoms with E-state index in [0.717, 1.165) is 25.2 Å². The van der Waals surface area contributed by atoms with Crippen molar-refractivity contribution in [2.24, 2.45) is 17.7 Å². The number of esters is 1. The summed E-state index contributed by atoms with van der Waals surface area (Å²) in [6.07, 6.45) is 1.80. The number of nitrogen functional groups attached to an aromatic ring is 1. The summed E-state index contributed by atoms with van der Waals surface area (Å²) in [5, 5.41) is 0. The highest BCUT2D eigenvalue weighted by atomic mass is 16.5. The molecule has 0 radical (unpaired) electrons. The molecule has 2 atom stereocenters. The molecule has 0 aliphatic carbocycles. The lowest BCUT2D eigenvalue weighted by Crippen LogP contribution is -2.24. The summed E-state index contributed by atoms with van der Waals surface area (Å²) in [7, 11) is 1.44. The quantitative estimate of drug-likeness (QED) is 0.471. The third kappa shape index (κ3) is 3.21. The van der Waals surface area contributed by atoms with E-state index in [0.29, 0.717) is 11.7 Å². The fourth-order valence-corrected chi connectivity index (χ4v) is 2.52. The molecule has 104 valence electrons. The van der Waals surface area contributed by atoms with Crippen molar-refractivity contribution in [3.8, 4) is 0 Å². The number of nitrogens with zero attached hydrogens (tertiary/aromatic N) is 2. The summed E-state index contributed by atoms with van der Waals surface area (Å²) in [4.78, 5) is 18.0. The number of likely N-dealkylation sites (tertiary alicyclic amines) is 1. The van der Waals surface area contributed by atoms with Gasteiger partial charge in [0.25, 0.3) is 0 Å². The highest BCUT2D eigenvalue weighted by molar-refractivity contribution is 5.73. The zero-order chi connectivity index (χ0) is 13.8. The number of nitrogens with two attached hydrogens (primary N) is 1. The van der Waals surface area contributed by atoms with Gasteiger partial charge in [0.05, 0.1) is 13.0 Å². The minimum Gasteiger partial charge on any atom is -0.469 e. The van der Waals surface area contributed by atoms with Crippen LogP contribution >= 0.6 is 0 Å². The second-order valence-electron chi connectivity index (χ2n) is 5.00. The van der Waals surface area contributed by atoms with Crippen LogP contribution in [0.2, 0.25) is 0 Å². The number of anilines is 1. The van der Waals surface area contributed by atoms with Gasteiger partial charge in [-0.15, -0.1) is 0 Å². The number of nitrogens with one attached hydrogen (secondary N) is 1. The maximum Gasteiger partial charge on any atom is 0.310 e. The third-order valence-corrected chi connectivity index (χ3v) is 3.57. The van der Waals surface area contributed by atoms with E-state index in [2.05, 4.69) is 22.2 Å². The number of rotatable bonds is 4. The minimum atomic E-state index is -0.115. The molecule has 2 heterocycles. The van der Waals surface area contributed by atoms with E-state index >= 15 is 0 Å². The molecule has 0 amide bonds. The molecule has 6 heteroatoms. The second-order valence-corrected chi connectivity index (χ2v) is 5.00. The lowest BCUT2D eigenvalue weighted by molar-refractivity contribution is -0.146. The molecule has 1 aliphatic rings. The summed E-state index contributed by atoms with van der Waals surface area (Å²) < 4.78 is 4.83. The molecule has 1 fully saturated rings. The number of aromatic nitrogens is 1. The monoisotopic (exact) mass is 264 g/mol. The van der Waals surface area contributed by atoms with Gasteiger partial charge in [-0.3, -0.25) is 9.69 Å². The molecule has 0 spiro atoms. The van der Waals surface area contributed by atoms with E-state index in [1.165, 1.54) is 7.11 Å². The second kappa shape index (κ2) is 5.99. The molecule has 1 aliphatic heterocycles. The van der Waals surface area contributed by atoms with Crippen LogP contribution in [0.5, 0.6) is 0 Å². The number of ether oxygens (including phenoxy) is 1. The van der Waals surface area contributed by atoms with E-state index in [-0.39, 0.29) is 11.9 Å². The largest absolute Gasteiger partial charge is 0.469 e. The Labute approximate surface area is 112 Å². The number of carbonyl (C=O) groups is 1. The molecule has 2 unspecified atom stereocenters. The number of carbonyl (C=O) groups excluding carboxylic acids is 1. The molecule has 2 rings (SSSR count). The first-order chi connectivity index (χ1) is 9.13. The van der Waals surface area contributed by atoms with Crippen molar-refractivity contribution in [2.75, 3.05) is 25.6 Å². The molecule has 3 N–H and O–H groups in total. The highest BCUT2D eigenvalue weighted by Gasteiger charge is 2.35. The fourth-order valence-electron chi connectivity index (χ4n) is 2.52. The van der Waals surface area contributed by atoms with Crippen LogP contribution in [0.15, 0.2) is 18.3 Å².